The molecule has 0 saturated heterocycles. The second-order valence-electron chi connectivity index (χ2n) is 5.97. The van der Waals surface area contributed by atoms with Gasteiger partial charge in [0.05, 0.1) is 11.3 Å². The summed E-state index contributed by atoms with van der Waals surface area (Å²) in [5.74, 6) is 1.41. The number of carbonyl (C=O) groups excluding carboxylic acids is 1. The molecule has 0 heterocycles. The highest BCUT2D eigenvalue weighted by Crippen LogP contribution is 2.32. The molecule has 2 atom stereocenters. The molecule has 24 heavy (non-hydrogen) atoms. The lowest BCUT2D eigenvalue weighted by Crippen LogP contribution is -2.26. The van der Waals surface area contributed by atoms with Crippen molar-refractivity contribution in [2.45, 2.75) is 58.1 Å². The summed E-state index contributed by atoms with van der Waals surface area (Å²) in [6, 6.07) is 0. The number of rotatable bonds is 10. The highest BCUT2D eigenvalue weighted by molar-refractivity contribution is 7.99. The molecule has 1 aliphatic carbocycles. The molecule has 1 rings (SSSR count). The molecule has 0 aromatic rings. The highest BCUT2D eigenvalue weighted by atomic mass is 35.5. The summed E-state index contributed by atoms with van der Waals surface area (Å²) in [5.41, 5.74) is 2.26. The van der Waals surface area contributed by atoms with Crippen LogP contribution in [0, 0.1) is 5.92 Å². The number of halogens is 1. The second kappa shape index (κ2) is 11.6. The van der Waals surface area contributed by atoms with Gasteiger partial charge in [0.1, 0.15) is 12.4 Å². The molecular weight excluding hydrogens is 346 g/mol. The third kappa shape index (κ3) is 6.89. The number of allylic oxidation sites excluding steroid dienone is 2. The number of ketones is 1. The van der Waals surface area contributed by atoms with Crippen molar-refractivity contribution >= 4 is 34.9 Å². The zero-order valence-electron chi connectivity index (χ0n) is 14.8. The van der Waals surface area contributed by atoms with E-state index in [1.165, 1.54) is 5.54 Å². The average Bonchev–Trinajstić information content (AvgIpc) is 2.51. The van der Waals surface area contributed by atoms with E-state index in [-0.39, 0.29) is 24.1 Å². The molecule has 136 valence electrons. The minimum absolute atomic E-state index is 0.0267. The van der Waals surface area contributed by atoms with Gasteiger partial charge in [-0.2, -0.15) is 11.8 Å². The number of aliphatic hydroxyl groups excluding tert-OH is 1. The van der Waals surface area contributed by atoms with E-state index < -0.39 is 0 Å². The minimum Gasteiger partial charge on any atom is -0.511 e. The average molecular weight is 374 g/mol. The summed E-state index contributed by atoms with van der Waals surface area (Å²) in [5, 5.41) is 15.0. The lowest BCUT2D eigenvalue weighted by atomic mass is 9.82. The standard InChI is InChI=1S/C18H28ClNO3S/c1-4-7-15(20-23-9-6-8-19)18-16(21)11-14(12-17(18)22)10-13(3)24-5-2/h6,8,13-14,21H,4-5,7,9-12H2,1-3H3/t13?,14-/m0/s1. The summed E-state index contributed by atoms with van der Waals surface area (Å²) in [7, 11) is 0. The molecule has 0 aliphatic heterocycles. The third-order valence-corrected chi connectivity index (χ3v) is 5.12. The van der Waals surface area contributed by atoms with Gasteiger partial charge in [-0.25, -0.2) is 0 Å². The lowest BCUT2D eigenvalue weighted by molar-refractivity contribution is -0.116. The maximum atomic E-state index is 12.6. The van der Waals surface area contributed by atoms with Crippen LogP contribution in [0.25, 0.3) is 0 Å². The van der Waals surface area contributed by atoms with Crippen LogP contribution in [0.1, 0.15) is 52.9 Å². The Morgan fingerprint density at radius 3 is 2.83 bits per heavy atom. The Labute approximate surface area is 154 Å². The first kappa shape index (κ1) is 21.1. The van der Waals surface area contributed by atoms with E-state index in [0.717, 1.165) is 18.6 Å². The quantitative estimate of drug-likeness (QED) is 0.323. The number of thioether (sulfide) groups is 1. The normalized spacial score (nSPS) is 20.8. The smallest absolute Gasteiger partial charge is 0.168 e. The number of oxime groups is 1. The molecule has 0 bridgehead atoms. The van der Waals surface area contributed by atoms with Crippen LogP contribution in [0.5, 0.6) is 0 Å². The molecule has 0 aromatic heterocycles. The van der Waals surface area contributed by atoms with E-state index in [4.69, 9.17) is 16.4 Å². The van der Waals surface area contributed by atoms with Gasteiger partial charge in [0.25, 0.3) is 0 Å². The van der Waals surface area contributed by atoms with Crippen LogP contribution >= 0.6 is 23.4 Å². The Morgan fingerprint density at radius 1 is 1.50 bits per heavy atom. The second-order valence-corrected chi connectivity index (χ2v) is 7.93. The van der Waals surface area contributed by atoms with Crippen molar-refractivity contribution in [3.8, 4) is 0 Å². The van der Waals surface area contributed by atoms with E-state index in [0.29, 0.717) is 35.8 Å². The molecule has 4 nitrogen and oxygen atoms in total. The number of Topliss-reactive ketones (excluding diaryl/α,β-unsaturated/α-hetero) is 1. The highest BCUT2D eigenvalue weighted by Gasteiger charge is 2.31. The van der Waals surface area contributed by atoms with Crippen molar-refractivity contribution in [2.24, 2.45) is 11.1 Å². The molecular formula is C18H28ClNO3S. The molecule has 0 spiro atoms. The molecule has 1 N–H and O–H groups in total. The summed E-state index contributed by atoms with van der Waals surface area (Å²) in [4.78, 5) is 17.7. The Bertz CT molecular complexity index is 502. The number of hydrogen-bond acceptors (Lipinski definition) is 5. The van der Waals surface area contributed by atoms with Crippen LogP contribution < -0.4 is 0 Å². The molecule has 0 saturated carbocycles. The van der Waals surface area contributed by atoms with E-state index in [9.17, 15) is 9.90 Å². The molecule has 0 fully saturated rings. The number of nitrogens with zero attached hydrogens (tertiary/aromatic N) is 1. The van der Waals surface area contributed by atoms with Crippen molar-refractivity contribution in [1.82, 2.24) is 0 Å². The topological polar surface area (TPSA) is 58.9 Å². The van der Waals surface area contributed by atoms with E-state index in [2.05, 4.69) is 19.0 Å². The fraction of sp³-hybridized carbons (Fsp3) is 0.667. The van der Waals surface area contributed by atoms with Gasteiger partial charge in [-0.3, -0.25) is 4.79 Å². The van der Waals surface area contributed by atoms with Gasteiger partial charge in [-0.1, -0.05) is 43.9 Å². The first-order valence-corrected chi connectivity index (χ1v) is 10.0. The predicted octanol–water partition coefficient (Wildman–Crippen LogP) is 5.23. The van der Waals surface area contributed by atoms with Gasteiger partial charge in [-0.15, -0.1) is 0 Å². The van der Waals surface area contributed by atoms with Crippen LogP contribution in [0.2, 0.25) is 0 Å². The third-order valence-electron chi connectivity index (χ3n) is 3.85. The van der Waals surface area contributed by atoms with Crippen molar-refractivity contribution < 1.29 is 14.7 Å². The van der Waals surface area contributed by atoms with Crippen molar-refractivity contribution in [3.63, 3.8) is 0 Å². The Balaban J connectivity index is 2.85. The minimum atomic E-state index is -0.0267. The van der Waals surface area contributed by atoms with Crippen LogP contribution in [-0.2, 0) is 9.63 Å². The molecule has 0 radical (unpaired) electrons. The van der Waals surface area contributed by atoms with Crippen molar-refractivity contribution in [1.29, 1.82) is 0 Å². The fourth-order valence-corrected chi connectivity index (χ4v) is 3.99. The number of carbonyl (C=O) groups is 1. The zero-order valence-corrected chi connectivity index (χ0v) is 16.3. The SMILES string of the molecule is CCCC(=NOCC=CCl)C1=C(O)C[C@H](CC(C)SCC)CC1=O. The van der Waals surface area contributed by atoms with Gasteiger partial charge in [0, 0.05) is 23.6 Å². The predicted molar refractivity (Wildman–Crippen MR) is 103 cm³/mol. The molecule has 1 unspecified atom stereocenters. The first-order chi connectivity index (χ1) is 11.5. The molecule has 0 aromatic carbocycles. The van der Waals surface area contributed by atoms with Gasteiger partial charge >= 0.3 is 0 Å². The molecule has 1 aliphatic rings. The van der Waals surface area contributed by atoms with Crippen LogP contribution in [0.15, 0.2) is 28.1 Å². The van der Waals surface area contributed by atoms with Gasteiger partial charge in [0.15, 0.2) is 5.78 Å². The van der Waals surface area contributed by atoms with Gasteiger partial charge in [-0.05, 0) is 30.6 Å². The summed E-state index contributed by atoms with van der Waals surface area (Å²) in [6.07, 6.45) is 5.00. The number of hydrogen-bond donors (Lipinski definition) is 1. The fourth-order valence-electron chi connectivity index (χ4n) is 2.94. The summed E-state index contributed by atoms with van der Waals surface area (Å²) in [6.45, 7) is 6.56. The lowest BCUT2D eigenvalue weighted by Gasteiger charge is -2.25. The molecule has 0 amide bonds. The van der Waals surface area contributed by atoms with E-state index in [1.54, 1.807) is 6.08 Å². The van der Waals surface area contributed by atoms with Crippen LogP contribution in [0.3, 0.4) is 0 Å². The maximum Gasteiger partial charge on any atom is 0.168 e. The molecule has 6 heteroatoms. The largest absolute Gasteiger partial charge is 0.511 e. The maximum absolute atomic E-state index is 12.6. The first-order valence-electron chi connectivity index (χ1n) is 8.54. The zero-order chi connectivity index (χ0) is 17.9. The van der Waals surface area contributed by atoms with Crippen LogP contribution in [-0.4, -0.2) is 34.2 Å². The van der Waals surface area contributed by atoms with Crippen molar-refractivity contribution in [3.05, 3.63) is 22.9 Å². The Hall–Kier alpha value is -0.940. The Kier molecular flexibility index (Phi) is 10.2. The number of aliphatic hydroxyl groups is 1. The van der Waals surface area contributed by atoms with Crippen LogP contribution in [0.4, 0.5) is 0 Å². The summed E-state index contributed by atoms with van der Waals surface area (Å²) >= 11 is 7.33. The Morgan fingerprint density at radius 2 is 2.25 bits per heavy atom. The summed E-state index contributed by atoms with van der Waals surface area (Å²) < 4.78 is 0. The van der Waals surface area contributed by atoms with E-state index >= 15 is 0 Å². The van der Waals surface area contributed by atoms with Gasteiger partial charge in [0.2, 0.25) is 0 Å². The van der Waals surface area contributed by atoms with E-state index in [1.807, 2.05) is 18.7 Å². The van der Waals surface area contributed by atoms with Crippen molar-refractivity contribution in [2.75, 3.05) is 12.4 Å². The monoisotopic (exact) mass is 373 g/mol. The van der Waals surface area contributed by atoms with Gasteiger partial charge < -0.3 is 9.94 Å².